The lowest BCUT2D eigenvalue weighted by atomic mass is 10.1. The third-order valence-corrected chi connectivity index (χ3v) is 2.49. The Morgan fingerprint density at radius 2 is 2.18 bits per heavy atom. The maximum atomic E-state index is 8.74. The Kier molecular flexibility index (Phi) is 6.76. The smallest absolute Gasteiger partial charge is 0.130 e. The summed E-state index contributed by atoms with van der Waals surface area (Å²) in [6.45, 7) is 4.08. The minimum absolute atomic E-state index is 0. The molecule has 0 aliphatic heterocycles. The zero-order chi connectivity index (χ0) is 12.1. The molecule has 0 aliphatic rings. The Morgan fingerprint density at radius 3 is 2.65 bits per heavy atom. The number of oxime groups is 1. The molecule has 96 valence electrons. The van der Waals surface area contributed by atoms with Gasteiger partial charge in [0, 0.05) is 6.07 Å². The number of anilines is 1. The summed E-state index contributed by atoms with van der Waals surface area (Å²) in [6.07, 6.45) is 0. The molecule has 0 fully saturated rings. The van der Waals surface area contributed by atoms with Crippen LogP contribution in [0.3, 0.4) is 0 Å². The molecule has 1 rings (SSSR count). The van der Waals surface area contributed by atoms with Gasteiger partial charge in [-0.25, -0.2) is 0 Å². The van der Waals surface area contributed by atoms with E-state index in [9.17, 15) is 0 Å². The van der Waals surface area contributed by atoms with E-state index in [4.69, 9.17) is 27.3 Å². The molecule has 1 aromatic rings. The predicted molar refractivity (Wildman–Crippen MR) is 72.7 cm³/mol. The summed E-state index contributed by atoms with van der Waals surface area (Å²) in [6, 6.07) is 5.02. The molecule has 4 nitrogen and oxygen atoms in total. The SMILES string of the molecule is CC(C)/C(COc1ccc(Cl)c(N)c1)=N/O.Cl. The van der Waals surface area contributed by atoms with E-state index in [2.05, 4.69) is 5.16 Å². The first-order valence-corrected chi connectivity index (χ1v) is 5.31. The highest BCUT2D eigenvalue weighted by Crippen LogP contribution is 2.23. The highest BCUT2D eigenvalue weighted by molar-refractivity contribution is 6.33. The van der Waals surface area contributed by atoms with Gasteiger partial charge in [-0.1, -0.05) is 30.6 Å². The Balaban J connectivity index is 0.00000256. The fourth-order valence-corrected chi connectivity index (χ4v) is 1.20. The highest BCUT2D eigenvalue weighted by atomic mass is 35.5. The van der Waals surface area contributed by atoms with Gasteiger partial charge in [0.15, 0.2) is 0 Å². The lowest BCUT2D eigenvalue weighted by molar-refractivity contribution is 0.302. The number of nitrogen functional groups attached to an aromatic ring is 1. The number of halogens is 2. The summed E-state index contributed by atoms with van der Waals surface area (Å²) in [5.41, 5.74) is 6.67. The Bertz CT molecular complexity index is 395. The second-order valence-electron chi connectivity index (χ2n) is 3.72. The average molecular weight is 279 g/mol. The topological polar surface area (TPSA) is 67.8 Å². The molecule has 0 radical (unpaired) electrons. The minimum Gasteiger partial charge on any atom is -0.487 e. The quantitative estimate of drug-likeness (QED) is 0.385. The van der Waals surface area contributed by atoms with Crippen molar-refractivity contribution in [3.05, 3.63) is 23.2 Å². The Morgan fingerprint density at radius 1 is 1.53 bits per heavy atom. The van der Waals surface area contributed by atoms with Gasteiger partial charge in [0.1, 0.15) is 12.4 Å². The van der Waals surface area contributed by atoms with Crippen LogP contribution in [0.2, 0.25) is 5.02 Å². The van der Waals surface area contributed by atoms with Crippen molar-refractivity contribution in [1.29, 1.82) is 0 Å². The van der Waals surface area contributed by atoms with Crippen molar-refractivity contribution >= 4 is 35.4 Å². The van der Waals surface area contributed by atoms with E-state index >= 15 is 0 Å². The maximum Gasteiger partial charge on any atom is 0.130 e. The third kappa shape index (κ3) is 4.71. The van der Waals surface area contributed by atoms with E-state index in [-0.39, 0.29) is 24.9 Å². The molecule has 0 spiro atoms. The molecule has 17 heavy (non-hydrogen) atoms. The average Bonchev–Trinajstić information content (AvgIpc) is 2.23. The Labute approximate surface area is 112 Å². The molecule has 0 amide bonds. The van der Waals surface area contributed by atoms with Crippen LogP contribution in [-0.4, -0.2) is 17.5 Å². The predicted octanol–water partition coefficient (Wildman–Crippen LogP) is 3.21. The zero-order valence-electron chi connectivity index (χ0n) is 9.68. The first-order chi connectivity index (χ1) is 7.54. The van der Waals surface area contributed by atoms with E-state index in [1.54, 1.807) is 18.2 Å². The van der Waals surface area contributed by atoms with Gasteiger partial charge < -0.3 is 15.7 Å². The summed E-state index contributed by atoms with van der Waals surface area (Å²) < 4.78 is 5.43. The van der Waals surface area contributed by atoms with Gasteiger partial charge in [-0.05, 0) is 18.1 Å². The lowest BCUT2D eigenvalue weighted by Crippen LogP contribution is -2.17. The van der Waals surface area contributed by atoms with Crippen LogP contribution < -0.4 is 10.5 Å². The molecule has 0 heterocycles. The van der Waals surface area contributed by atoms with Crippen molar-refractivity contribution < 1.29 is 9.94 Å². The molecule has 3 N–H and O–H groups in total. The van der Waals surface area contributed by atoms with Crippen LogP contribution in [0, 0.1) is 5.92 Å². The van der Waals surface area contributed by atoms with Crippen LogP contribution >= 0.6 is 24.0 Å². The standard InChI is InChI=1S/C11H15ClN2O2.ClH/c1-7(2)11(14-15)6-16-8-3-4-9(12)10(13)5-8;/h3-5,7,15H,6,13H2,1-2H3;1H/b14-11+;. The number of hydrogen-bond acceptors (Lipinski definition) is 4. The molecule has 0 bridgehead atoms. The van der Waals surface area contributed by atoms with Gasteiger partial charge in [0.25, 0.3) is 0 Å². The first-order valence-electron chi connectivity index (χ1n) is 4.93. The van der Waals surface area contributed by atoms with Crippen molar-refractivity contribution in [3.63, 3.8) is 0 Å². The summed E-state index contributed by atoms with van der Waals surface area (Å²) in [5, 5.41) is 12.4. The van der Waals surface area contributed by atoms with Crippen molar-refractivity contribution in [2.75, 3.05) is 12.3 Å². The van der Waals surface area contributed by atoms with Crippen molar-refractivity contribution in [1.82, 2.24) is 0 Å². The molecule has 0 aliphatic carbocycles. The monoisotopic (exact) mass is 278 g/mol. The second-order valence-corrected chi connectivity index (χ2v) is 4.13. The molecule has 0 saturated carbocycles. The molecule has 0 saturated heterocycles. The molecule has 0 aromatic heterocycles. The molecule has 0 atom stereocenters. The first kappa shape index (κ1) is 15.9. The van der Waals surface area contributed by atoms with Crippen LogP contribution in [0.1, 0.15) is 13.8 Å². The molecule has 1 aromatic carbocycles. The molecule has 0 unspecified atom stereocenters. The number of nitrogens with zero attached hydrogens (tertiary/aromatic N) is 1. The van der Waals surface area contributed by atoms with Gasteiger partial charge in [-0.2, -0.15) is 0 Å². The zero-order valence-corrected chi connectivity index (χ0v) is 11.3. The summed E-state index contributed by atoms with van der Waals surface area (Å²) in [5.74, 6) is 0.735. The lowest BCUT2D eigenvalue weighted by Gasteiger charge is -2.10. The van der Waals surface area contributed by atoms with E-state index in [0.717, 1.165) is 0 Å². The normalized spacial score (nSPS) is 11.2. The van der Waals surface area contributed by atoms with Crippen LogP contribution in [0.5, 0.6) is 5.75 Å². The van der Waals surface area contributed by atoms with E-state index < -0.39 is 0 Å². The number of benzene rings is 1. The summed E-state index contributed by atoms with van der Waals surface area (Å²) in [4.78, 5) is 0. The number of hydrogen-bond donors (Lipinski definition) is 2. The van der Waals surface area contributed by atoms with Crippen LogP contribution in [0.25, 0.3) is 0 Å². The van der Waals surface area contributed by atoms with Crippen molar-refractivity contribution in [2.45, 2.75) is 13.8 Å². The van der Waals surface area contributed by atoms with Crippen molar-refractivity contribution in [3.8, 4) is 5.75 Å². The third-order valence-electron chi connectivity index (χ3n) is 2.15. The van der Waals surface area contributed by atoms with Crippen LogP contribution in [-0.2, 0) is 0 Å². The van der Waals surface area contributed by atoms with Crippen LogP contribution in [0.15, 0.2) is 23.4 Å². The largest absolute Gasteiger partial charge is 0.487 e. The van der Waals surface area contributed by atoms with Gasteiger partial charge in [-0.15, -0.1) is 12.4 Å². The maximum absolute atomic E-state index is 8.74. The molecular formula is C11H16Cl2N2O2. The number of ether oxygens (including phenoxy) is 1. The molecular weight excluding hydrogens is 263 g/mol. The fourth-order valence-electron chi connectivity index (χ4n) is 1.08. The minimum atomic E-state index is 0. The van der Waals surface area contributed by atoms with Crippen LogP contribution in [0.4, 0.5) is 5.69 Å². The summed E-state index contributed by atoms with van der Waals surface area (Å²) >= 11 is 5.78. The van der Waals surface area contributed by atoms with E-state index in [1.807, 2.05) is 13.8 Å². The fraction of sp³-hybridized carbons (Fsp3) is 0.364. The van der Waals surface area contributed by atoms with E-state index in [1.165, 1.54) is 0 Å². The van der Waals surface area contributed by atoms with Gasteiger partial charge >= 0.3 is 0 Å². The number of nitrogens with two attached hydrogens (primary N) is 1. The number of rotatable bonds is 4. The van der Waals surface area contributed by atoms with E-state index in [0.29, 0.717) is 22.2 Å². The summed E-state index contributed by atoms with van der Waals surface area (Å²) in [7, 11) is 0. The van der Waals surface area contributed by atoms with Gasteiger partial charge in [0.2, 0.25) is 0 Å². The Hall–Kier alpha value is -1.13. The second kappa shape index (κ2) is 7.25. The van der Waals surface area contributed by atoms with Crippen molar-refractivity contribution in [2.24, 2.45) is 11.1 Å². The molecule has 6 heteroatoms. The van der Waals surface area contributed by atoms with Gasteiger partial charge in [0.05, 0.1) is 16.4 Å². The van der Waals surface area contributed by atoms with Gasteiger partial charge in [-0.3, -0.25) is 0 Å². The highest BCUT2D eigenvalue weighted by Gasteiger charge is 2.07.